The number of carbonyl (C=O) groups is 1. The van der Waals surface area contributed by atoms with E-state index in [0.717, 1.165) is 0 Å². The fourth-order valence-electron chi connectivity index (χ4n) is 2.08. The van der Waals surface area contributed by atoms with E-state index in [-0.39, 0.29) is 11.4 Å². The quantitative estimate of drug-likeness (QED) is 0.825. The second-order valence-corrected chi connectivity index (χ2v) is 5.15. The number of epoxide rings is 1. The maximum Gasteiger partial charge on any atom is 0.421 e. The topological polar surface area (TPSA) is 85.5 Å². The third kappa shape index (κ3) is 3.76. The summed E-state index contributed by atoms with van der Waals surface area (Å²) < 4.78 is 44.0. The molecule has 2 aromatic rings. The second kappa shape index (κ2) is 7.14. The molecule has 25 heavy (non-hydrogen) atoms. The highest BCUT2D eigenvalue weighted by atomic mass is 19.4. The summed E-state index contributed by atoms with van der Waals surface area (Å²) in [5.74, 6) is -0.685. The first-order valence-electron chi connectivity index (χ1n) is 7.72. The Morgan fingerprint density at radius 1 is 1.36 bits per heavy atom. The number of anilines is 1. The van der Waals surface area contributed by atoms with Crippen molar-refractivity contribution in [3.05, 3.63) is 42.1 Å². The second-order valence-electron chi connectivity index (χ2n) is 5.15. The maximum absolute atomic E-state index is 12.7. The zero-order valence-corrected chi connectivity index (χ0v) is 13.8. The number of rotatable bonds is 4. The van der Waals surface area contributed by atoms with Gasteiger partial charge in [-0.3, -0.25) is 4.79 Å². The number of aromatic nitrogens is 2. The number of alkyl halides is 3. The van der Waals surface area contributed by atoms with Gasteiger partial charge in [0.25, 0.3) is 5.91 Å². The normalized spacial score (nSPS) is 18.9. The molecule has 6 nitrogen and oxygen atoms in total. The van der Waals surface area contributed by atoms with E-state index in [9.17, 15) is 18.0 Å². The molecular weight excluding hydrogens is 337 g/mol. The molecule has 3 rings (SSSR count). The summed E-state index contributed by atoms with van der Waals surface area (Å²) in [6.45, 7) is 2.88. The third-order valence-corrected chi connectivity index (χ3v) is 3.60. The van der Waals surface area contributed by atoms with Crippen LogP contribution in [0.2, 0.25) is 0 Å². The largest absolute Gasteiger partial charge is 0.421 e. The fourth-order valence-corrected chi connectivity index (χ4v) is 2.08. The molecule has 1 aromatic heterocycles. The summed E-state index contributed by atoms with van der Waals surface area (Å²) in [6, 6.07) is 8.83. The highest BCUT2D eigenvalue weighted by Crippen LogP contribution is 2.43. The van der Waals surface area contributed by atoms with E-state index in [0.29, 0.717) is 5.69 Å². The maximum atomic E-state index is 12.7. The first-order valence-corrected chi connectivity index (χ1v) is 7.72. The third-order valence-electron chi connectivity index (χ3n) is 3.60. The van der Waals surface area contributed by atoms with Crippen molar-refractivity contribution in [3.63, 3.8) is 0 Å². The van der Waals surface area contributed by atoms with Crippen molar-refractivity contribution in [3.8, 4) is 5.69 Å². The lowest BCUT2D eigenvalue weighted by Gasteiger charge is -2.16. The van der Waals surface area contributed by atoms with Gasteiger partial charge in [-0.25, -0.2) is 4.68 Å². The molecule has 136 valence electrons. The number of carbonyl (C=O) groups excluding carboxylic acids is 1. The molecule has 1 unspecified atom stereocenters. The Kier molecular flexibility index (Phi) is 5.36. The zero-order chi connectivity index (χ0) is 18.7. The van der Waals surface area contributed by atoms with E-state index in [4.69, 9.17) is 5.73 Å². The minimum atomic E-state index is -4.53. The number of hydrogen-bond acceptors (Lipinski definition) is 4. The van der Waals surface area contributed by atoms with Crippen molar-refractivity contribution in [2.75, 3.05) is 18.9 Å². The van der Waals surface area contributed by atoms with Crippen molar-refractivity contribution in [2.45, 2.75) is 25.6 Å². The Hall–Kier alpha value is -2.55. The predicted octanol–water partition coefficient (Wildman–Crippen LogP) is 2.54. The molecule has 1 amide bonds. The minimum absolute atomic E-state index is 0.00632. The van der Waals surface area contributed by atoms with Gasteiger partial charge in [-0.05, 0) is 12.1 Å². The van der Waals surface area contributed by atoms with Crippen molar-refractivity contribution >= 4 is 11.7 Å². The van der Waals surface area contributed by atoms with E-state index in [1.165, 1.54) is 10.9 Å². The summed E-state index contributed by atoms with van der Waals surface area (Å²) in [5, 5.41) is 6.19. The SMILES string of the molecule is CC.Nc1c(C(=O)NCC2(C(F)(F)F)CO2)cnn1-c1ccccc1. The molecule has 1 aromatic carbocycles. The molecule has 1 aliphatic rings. The summed E-state index contributed by atoms with van der Waals surface area (Å²) in [4.78, 5) is 12.0. The van der Waals surface area contributed by atoms with Gasteiger partial charge in [0.05, 0.1) is 25.0 Å². The predicted molar refractivity (Wildman–Crippen MR) is 86.4 cm³/mol. The number of halogens is 3. The molecule has 1 atom stereocenters. The standard InChI is InChI=1S/C14H13F3N4O2.C2H6/c15-14(16,17)13(8-23-13)7-19-12(22)10-6-20-21(11(10)18)9-4-2-1-3-5-9;1-2/h1-6H,7-8,18H2,(H,19,22);1-2H3. The van der Waals surface area contributed by atoms with Crippen LogP contribution in [0.15, 0.2) is 36.5 Å². The molecule has 0 aliphatic carbocycles. The molecule has 0 saturated carbocycles. The number of hydrogen-bond donors (Lipinski definition) is 2. The van der Waals surface area contributed by atoms with Crippen molar-refractivity contribution in [1.29, 1.82) is 0 Å². The lowest BCUT2D eigenvalue weighted by atomic mass is 10.1. The van der Waals surface area contributed by atoms with Gasteiger partial charge in [-0.2, -0.15) is 18.3 Å². The van der Waals surface area contributed by atoms with Gasteiger partial charge >= 0.3 is 6.18 Å². The molecule has 0 radical (unpaired) electrons. The van der Waals surface area contributed by atoms with E-state index in [2.05, 4.69) is 15.2 Å². The van der Waals surface area contributed by atoms with Crippen LogP contribution in [0.1, 0.15) is 24.2 Å². The molecule has 9 heteroatoms. The van der Waals surface area contributed by atoms with Crippen molar-refractivity contribution in [1.82, 2.24) is 15.1 Å². The number of amides is 1. The fraction of sp³-hybridized carbons (Fsp3) is 0.375. The number of nitrogens with one attached hydrogen (secondary N) is 1. The van der Waals surface area contributed by atoms with E-state index >= 15 is 0 Å². The highest BCUT2D eigenvalue weighted by molar-refractivity contribution is 5.98. The van der Waals surface area contributed by atoms with Gasteiger partial charge in [0.15, 0.2) is 0 Å². The van der Waals surface area contributed by atoms with Crippen molar-refractivity contribution < 1.29 is 22.7 Å². The van der Waals surface area contributed by atoms with Crippen LogP contribution in [-0.2, 0) is 4.74 Å². The monoisotopic (exact) mass is 356 g/mol. The Morgan fingerprint density at radius 3 is 2.48 bits per heavy atom. The Labute approximate surface area is 142 Å². The summed E-state index contributed by atoms with van der Waals surface area (Å²) in [5.41, 5.74) is 4.22. The van der Waals surface area contributed by atoms with Gasteiger partial charge in [-0.1, -0.05) is 32.0 Å². The lowest BCUT2D eigenvalue weighted by Crippen LogP contribution is -2.44. The molecule has 3 N–H and O–H groups in total. The highest BCUT2D eigenvalue weighted by Gasteiger charge is 2.65. The Morgan fingerprint density at radius 2 is 1.96 bits per heavy atom. The smallest absolute Gasteiger partial charge is 0.383 e. The van der Waals surface area contributed by atoms with Crippen LogP contribution in [0.25, 0.3) is 5.69 Å². The number of ether oxygens (including phenoxy) is 1. The van der Waals surface area contributed by atoms with Crippen LogP contribution in [0.5, 0.6) is 0 Å². The van der Waals surface area contributed by atoms with Crippen LogP contribution in [-0.4, -0.2) is 40.6 Å². The number of benzene rings is 1. The summed E-state index contributed by atoms with van der Waals surface area (Å²) in [6.07, 6.45) is -3.31. The van der Waals surface area contributed by atoms with E-state index in [1.54, 1.807) is 24.3 Å². The van der Waals surface area contributed by atoms with Crippen LogP contribution in [0.3, 0.4) is 0 Å². The van der Waals surface area contributed by atoms with Gasteiger partial charge < -0.3 is 15.8 Å². The number of para-hydroxylation sites is 1. The number of nitrogens with two attached hydrogens (primary N) is 1. The number of nitrogen functional groups attached to an aromatic ring is 1. The molecule has 1 fully saturated rings. The summed E-state index contributed by atoms with van der Waals surface area (Å²) >= 11 is 0. The molecule has 0 bridgehead atoms. The first kappa shape index (κ1) is 18.8. The molecular formula is C16H19F3N4O2. The van der Waals surface area contributed by atoms with Crippen LogP contribution in [0, 0.1) is 0 Å². The Bertz CT molecular complexity index is 725. The molecule has 2 heterocycles. The van der Waals surface area contributed by atoms with Gasteiger partial charge in [-0.15, -0.1) is 0 Å². The van der Waals surface area contributed by atoms with Gasteiger partial charge in [0.1, 0.15) is 11.4 Å². The van der Waals surface area contributed by atoms with Gasteiger partial charge in [0, 0.05) is 0 Å². The zero-order valence-electron chi connectivity index (χ0n) is 13.8. The van der Waals surface area contributed by atoms with Crippen molar-refractivity contribution in [2.24, 2.45) is 0 Å². The molecule has 0 spiro atoms. The molecule has 1 saturated heterocycles. The minimum Gasteiger partial charge on any atom is -0.383 e. The van der Waals surface area contributed by atoms with E-state index < -0.39 is 30.8 Å². The first-order chi connectivity index (χ1) is 11.8. The van der Waals surface area contributed by atoms with E-state index in [1.807, 2.05) is 19.9 Å². The lowest BCUT2D eigenvalue weighted by molar-refractivity contribution is -0.181. The van der Waals surface area contributed by atoms with Crippen LogP contribution < -0.4 is 11.1 Å². The average Bonchev–Trinajstić information content (AvgIpc) is 3.32. The van der Waals surface area contributed by atoms with Crippen LogP contribution in [0.4, 0.5) is 19.0 Å². The average molecular weight is 356 g/mol. The van der Waals surface area contributed by atoms with Gasteiger partial charge in [0.2, 0.25) is 5.60 Å². The molecule has 1 aliphatic heterocycles. The summed E-state index contributed by atoms with van der Waals surface area (Å²) in [7, 11) is 0. The number of nitrogens with zero attached hydrogens (tertiary/aromatic N) is 2. The van der Waals surface area contributed by atoms with Crippen LogP contribution >= 0.6 is 0 Å². The Balaban J connectivity index is 0.00000109.